The molecule has 0 spiro atoms. The van der Waals surface area contributed by atoms with Gasteiger partial charge in [-0.1, -0.05) is 12.1 Å². The van der Waals surface area contributed by atoms with Crippen molar-refractivity contribution in [2.45, 2.75) is 37.7 Å². The standard InChI is InChI=1S/C22H22N6O2/c23-10-16-8-14-3-1-13(7-18(14)27-20(16)24)2-4-17-9-19(29)22(30-17)28-6-5-15-11-25-12-26-21(15)28/h1,3,5-8,10-12,17,19,22-23,29H,2,4,9H2,(H2,24,27)/t17-,19-,22-/m1/s1. The second-order valence-corrected chi connectivity index (χ2v) is 7.65. The summed E-state index contributed by atoms with van der Waals surface area (Å²) in [5, 5.41) is 19.9. The number of aliphatic hydroxyl groups excluding tert-OH is 1. The maximum Gasteiger partial charge on any atom is 0.161 e. The van der Waals surface area contributed by atoms with Crippen molar-refractivity contribution < 1.29 is 9.84 Å². The lowest BCUT2D eigenvalue weighted by atomic mass is 10.0. The molecule has 3 aromatic heterocycles. The summed E-state index contributed by atoms with van der Waals surface area (Å²) in [6.45, 7) is 0. The minimum absolute atomic E-state index is 0.0432. The Balaban J connectivity index is 1.29. The Kier molecular flexibility index (Phi) is 4.65. The van der Waals surface area contributed by atoms with Crippen LogP contribution < -0.4 is 5.73 Å². The van der Waals surface area contributed by atoms with Crippen LogP contribution >= 0.6 is 0 Å². The summed E-state index contributed by atoms with van der Waals surface area (Å²) in [6.07, 6.45) is 7.47. The summed E-state index contributed by atoms with van der Waals surface area (Å²) in [6, 6.07) is 9.89. The van der Waals surface area contributed by atoms with Gasteiger partial charge in [-0.05, 0) is 36.6 Å². The normalized spacial score (nSPS) is 21.4. The number of hydrogen-bond acceptors (Lipinski definition) is 7. The number of nitrogens with zero attached hydrogens (tertiary/aromatic N) is 4. The highest BCUT2D eigenvalue weighted by Crippen LogP contribution is 2.33. The van der Waals surface area contributed by atoms with E-state index >= 15 is 0 Å². The maximum atomic E-state index is 10.6. The number of ether oxygens (including phenoxy) is 1. The molecular formula is C22H22N6O2. The van der Waals surface area contributed by atoms with E-state index in [0.29, 0.717) is 17.8 Å². The third-order valence-corrected chi connectivity index (χ3v) is 5.67. The number of hydrogen-bond donors (Lipinski definition) is 3. The van der Waals surface area contributed by atoms with Crippen LogP contribution in [0.5, 0.6) is 0 Å². The molecule has 8 heteroatoms. The van der Waals surface area contributed by atoms with E-state index in [-0.39, 0.29) is 6.10 Å². The Morgan fingerprint density at radius 1 is 1.27 bits per heavy atom. The molecule has 0 saturated carbocycles. The molecule has 4 heterocycles. The minimum Gasteiger partial charge on any atom is -0.388 e. The molecule has 0 aliphatic carbocycles. The molecule has 0 unspecified atom stereocenters. The highest BCUT2D eigenvalue weighted by Gasteiger charge is 2.35. The van der Waals surface area contributed by atoms with E-state index in [9.17, 15) is 5.11 Å². The molecule has 1 aliphatic heterocycles. The number of aryl methyl sites for hydroxylation is 1. The molecule has 4 N–H and O–H groups in total. The molecule has 1 aromatic carbocycles. The van der Waals surface area contributed by atoms with Gasteiger partial charge in [-0.3, -0.25) is 0 Å². The van der Waals surface area contributed by atoms with Gasteiger partial charge in [-0.2, -0.15) is 0 Å². The summed E-state index contributed by atoms with van der Waals surface area (Å²) >= 11 is 0. The van der Waals surface area contributed by atoms with Gasteiger partial charge in [0, 0.05) is 41.4 Å². The number of benzene rings is 1. The Hall–Kier alpha value is -3.36. The molecule has 30 heavy (non-hydrogen) atoms. The van der Waals surface area contributed by atoms with Crippen LogP contribution in [0, 0.1) is 5.41 Å². The van der Waals surface area contributed by atoms with E-state index in [4.69, 9.17) is 15.9 Å². The third-order valence-electron chi connectivity index (χ3n) is 5.67. The lowest BCUT2D eigenvalue weighted by Gasteiger charge is -2.17. The van der Waals surface area contributed by atoms with E-state index in [1.165, 1.54) is 12.5 Å². The second-order valence-electron chi connectivity index (χ2n) is 7.65. The average Bonchev–Trinajstić information content (AvgIpc) is 3.34. The van der Waals surface area contributed by atoms with Crippen molar-refractivity contribution in [2.75, 3.05) is 5.73 Å². The van der Waals surface area contributed by atoms with Crippen LogP contribution in [-0.2, 0) is 11.2 Å². The predicted octanol–water partition coefficient (Wildman–Crippen LogP) is 2.84. The fraction of sp³-hybridized carbons (Fsp3) is 0.273. The Labute approximate surface area is 172 Å². The number of nitrogen functional groups attached to an aromatic ring is 1. The summed E-state index contributed by atoms with van der Waals surface area (Å²) in [7, 11) is 0. The topological polar surface area (TPSA) is 123 Å². The molecule has 8 nitrogen and oxygen atoms in total. The number of nitrogens with one attached hydrogen (secondary N) is 1. The van der Waals surface area contributed by atoms with Gasteiger partial charge in [-0.15, -0.1) is 0 Å². The van der Waals surface area contributed by atoms with Gasteiger partial charge in [0.25, 0.3) is 0 Å². The van der Waals surface area contributed by atoms with Gasteiger partial charge in [0.1, 0.15) is 23.9 Å². The zero-order valence-corrected chi connectivity index (χ0v) is 16.3. The number of rotatable bonds is 5. The Morgan fingerprint density at radius 2 is 2.17 bits per heavy atom. The van der Waals surface area contributed by atoms with Crippen molar-refractivity contribution >= 4 is 34.0 Å². The molecule has 4 aromatic rings. The van der Waals surface area contributed by atoms with Crippen molar-refractivity contribution in [2.24, 2.45) is 0 Å². The third kappa shape index (κ3) is 3.30. The summed E-state index contributed by atoms with van der Waals surface area (Å²) in [5.41, 5.74) is 9.26. The smallest absolute Gasteiger partial charge is 0.161 e. The number of fused-ring (bicyclic) bond motifs is 2. The fourth-order valence-electron chi connectivity index (χ4n) is 4.11. The van der Waals surface area contributed by atoms with Gasteiger partial charge < -0.3 is 25.6 Å². The van der Waals surface area contributed by atoms with Crippen LogP contribution in [0.3, 0.4) is 0 Å². The lowest BCUT2D eigenvalue weighted by Crippen LogP contribution is -2.19. The molecule has 1 fully saturated rings. The van der Waals surface area contributed by atoms with E-state index in [1.807, 2.05) is 35.0 Å². The molecule has 0 radical (unpaired) electrons. The molecule has 152 valence electrons. The van der Waals surface area contributed by atoms with Gasteiger partial charge in [-0.25, -0.2) is 15.0 Å². The van der Waals surface area contributed by atoms with Crippen LogP contribution in [-0.4, -0.2) is 43.0 Å². The Bertz CT molecular complexity index is 1240. The van der Waals surface area contributed by atoms with Gasteiger partial charge >= 0.3 is 0 Å². The van der Waals surface area contributed by atoms with E-state index in [1.54, 1.807) is 6.20 Å². The zero-order chi connectivity index (χ0) is 20.7. The first kappa shape index (κ1) is 18.7. The minimum atomic E-state index is -0.585. The molecule has 3 atom stereocenters. The van der Waals surface area contributed by atoms with Crippen LogP contribution in [0.25, 0.3) is 21.9 Å². The average molecular weight is 402 g/mol. The van der Waals surface area contributed by atoms with Crippen molar-refractivity contribution in [3.8, 4) is 0 Å². The maximum absolute atomic E-state index is 10.6. The van der Waals surface area contributed by atoms with Crippen molar-refractivity contribution in [1.82, 2.24) is 19.5 Å². The van der Waals surface area contributed by atoms with Crippen molar-refractivity contribution in [3.63, 3.8) is 0 Å². The first-order valence-electron chi connectivity index (χ1n) is 9.92. The highest BCUT2D eigenvalue weighted by atomic mass is 16.5. The molecule has 0 bridgehead atoms. The molecule has 1 aliphatic rings. The Morgan fingerprint density at radius 3 is 3.03 bits per heavy atom. The van der Waals surface area contributed by atoms with Crippen LogP contribution in [0.1, 0.15) is 30.2 Å². The summed E-state index contributed by atoms with van der Waals surface area (Å²) in [4.78, 5) is 12.8. The monoisotopic (exact) mass is 402 g/mol. The quantitative estimate of drug-likeness (QED) is 0.441. The first-order chi connectivity index (χ1) is 14.6. The van der Waals surface area contributed by atoms with Gasteiger partial charge in [0.15, 0.2) is 6.23 Å². The lowest BCUT2D eigenvalue weighted by molar-refractivity contribution is -0.0363. The summed E-state index contributed by atoms with van der Waals surface area (Å²) in [5.74, 6) is 0.363. The first-order valence-corrected chi connectivity index (χ1v) is 9.92. The summed E-state index contributed by atoms with van der Waals surface area (Å²) < 4.78 is 8.06. The molecule has 1 saturated heterocycles. The number of nitrogens with two attached hydrogens (primary N) is 1. The predicted molar refractivity (Wildman–Crippen MR) is 114 cm³/mol. The highest BCUT2D eigenvalue weighted by molar-refractivity contribution is 5.92. The number of pyridine rings is 1. The molecule has 0 amide bonds. The van der Waals surface area contributed by atoms with E-state index < -0.39 is 12.3 Å². The van der Waals surface area contributed by atoms with Gasteiger partial charge in [0.05, 0.1) is 11.6 Å². The van der Waals surface area contributed by atoms with Gasteiger partial charge in [0.2, 0.25) is 0 Å². The van der Waals surface area contributed by atoms with Crippen molar-refractivity contribution in [1.29, 1.82) is 5.41 Å². The number of aromatic nitrogens is 4. The number of anilines is 1. The second kappa shape index (κ2) is 7.47. The molecule has 5 rings (SSSR count). The zero-order valence-electron chi connectivity index (χ0n) is 16.3. The fourth-order valence-corrected chi connectivity index (χ4v) is 4.11. The number of aliphatic hydroxyl groups is 1. The van der Waals surface area contributed by atoms with E-state index in [2.05, 4.69) is 21.0 Å². The largest absolute Gasteiger partial charge is 0.388 e. The van der Waals surface area contributed by atoms with Crippen LogP contribution in [0.4, 0.5) is 5.82 Å². The van der Waals surface area contributed by atoms with E-state index in [0.717, 1.165) is 40.3 Å². The molecular weight excluding hydrogens is 380 g/mol. The van der Waals surface area contributed by atoms with Crippen molar-refractivity contribution in [3.05, 3.63) is 60.2 Å². The van der Waals surface area contributed by atoms with Crippen LogP contribution in [0.15, 0.2) is 49.1 Å². The SMILES string of the molecule is N=Cc1cc2ccc(CC[C@@H]3C[C@@H](O)[C@H](n4ccc5cncnc54)O3)cc2nc1N. The van der Waals surface area contributed by atoms with Crippen LogP contribution in [0.2, 0.25) is 0 Å².